The van der Waals surface area contributed by atoms with Crippen molar-refractivity contribution in [3.63, 3.8) is 0 Å². The molecule has 144 valence electrons. The van der Waals surface area contributed by atoms with Crippen molar-refractivity contribution in [3.8, 4) is 11.5 Å². The second kappa shape index (κ2) is 8.43. The van der Waals surface area contributed by atoms with E-state index in [1.165, 1.54) is 20.1 Å². The maximum atomic E-state index is 12.6. The number of aromatic hydroxyl groups is 1. The smallest absolute Gasteiger partial charge is 0.255 e. The van der Waals surface area contributed by atoms with Crippen LogP contribution >= 0.6 is 0 Å². The van der Waals surface area contributed by atoms with Crippen molar-refractivity contribution in [1.29, 1.82) is 0 Å². The molecule has 0 aliphatic carbocycles. The molecule has 0 aliphatic heterocycles. The van der Waals surface area contributed by atoms with Gasteiger partial charge in [-0.05, 0) is 24.1 Å². The molecule has 3 aromatic carbocycles. The fourth-order valence-corrected chi connectivity index (χ4v) is 3.12. The highest BCUT2D eigenvalue weighted by molar-refractivity contribution is 6.05. The van der Waals surface area contributed by atoms with E-state index in [2.05, 4.69) is 10.6 Å². The number of amides is 2. The maximum absolute atomic E-state index is 12.6. The summed E-state index contributed by atoms with van der Waals surface area (Å²) in [5.41, 5.74) is 1.79. The van der Waals surface area contributed by atoms with Gasteiger partial charge in [-0.1, -0.05) is 42.5 Å². The van der Waals surface area contributed by atoms with Gasteiger partial charge < -0.3 is 20.5 Å². The van der Waals surface area contributed by atoms with Gasteiger partial charge in [0.1, 0.15) is 11.5 Å². The number of benzene rings is 3. The van der Waals surface area contributed by atoms with Gasteiger partial charge in [0, 0.05) is 29.9 Å². The lowest BCUT2D eigenvalue weighted by atomic mass is 10.0. The number of ether oxygens (including phenoxy) is 1. The molecule has 3 aromatic rings. The summed E-state index contributed by atoms with van der Waals surface area (Å²) in [5.74, 6) is -0.0923. The van der Waals surface area contributed by atoms with E-state index in [1.54, 1.807) is 12.1 Å². The van der Waals surface area contributed by atoms with E-state index in [1.807, 2.05) is 36.4 Å². The predicted molar refractivity (Wildman–Crippen MR) is 109 cm³/mol. The van der Waals surface area contributed by atoms with E-state index < -0.39 is 5.91 Å². The molecule has 6 heteroatoms. The molecule has 6 nitrogen and oxygen atoms in total. The first-order valence-electron chi connectivity index (χ1n) is 8.93. The van der Waals surface area contributed by atoms with Gasteiger partial charge >= 0.3 is 0 Å². The van der Waals surface area contributed by atoms with Crippen molar-refractivity contribution >= 4 is 28.3 Å². The van der Waals surface area contributed by atoms with Crippen molar-refractivity contribution < 1.29 is 19.4 Å². The monoisotopic (exact) mass is 378 g/mol. The summed E-state index contributed by atoms with van der Waals surface area (Å²) < 4.78 is 5.37. The number of nitrogens with one attached hydrogen (secondary N) is 2. The minimum Gasteiger partial charge on any atom is -0.506 e. The average Bonchev–Trinajstić information content (AvgIpc) is 2.69. The molecular formula is C22H22N2O4. The lowest BCUT2D eigenvalue weighted by Crippen LogP contribution is -2.26. The molecule has 28 heavy (non-hydrogen) atoms. The van der Waals surface area contributed by atoms with Gasteiger partial charge in [0.05, 0.1) is 12.7 Å². The predicted octanol–water partition coefficient (Wildman–Crippen LogP) is 3.48. The quantitative estimate of drug-likeness (QED) is 0.613. The second-order valence-corrected chi connectivity index (χ2v) is 6.36. The van der Waals surface area contributed by atoms with Crippen molar-refractivity contribution in [2.75, 3.05) is 19.0 Å². The van der Waals surface area contributed by atoms with Gasteiger partial charge in [0.25, 0.3) is 5.91 Å². The lowest BCUT2D eigenvalue weighted by molar-refractivity contribution is -0.114. The van der Waals surface area contributed by atoms with Crippen LogP contribution in [0.5, 0.6) is 11.5 Å². The molecule has 0 fully saturated rings. The van der Waals surface area contributed by atoms with Crippen molar-refractivity contribution in [2.24, 2.45) is 0 Å². The average molecular weight is 378 g/mol. The van der Waals surface area contributed by atoms with Crippen LogP contribution in [0.15, 0.2) is 54.6 Å². The van der Waals surface area contributed by atoms with Crippen LogP contribution < -0.4 is 15.4 Å². The van der Waals surface area contributed by atoms with Crippen LogP contribution in [0.25, 0.3) is 10.8 Å². The topological polar surface area (TPSA) is 87.7 Å². The van der Waals surface area contributed by atoms with E-state index in [-0.39, 0.29) is 17.2 Å². The number of phenolic OH excluding ortho intramolecular Hbond substituents is 1. The van der Waals surface area contributed by atoms with Gasteiger partial charge in [-0.2, -0.15) is 0 Å². The fourth-order valence-electron chi connectivity index (χ4n) is 3.12. The van der Waals surface area contributed by atoms with Gasteiger partial charge in [-0.3, -0.25) is 9.59 Å². The Morgan fingerprint density at radius 2 is 1.71 bits per heavy atom. The van der Waals surface area contributed by atoms with Crippen LogP contribution in [0.4, 0.5) is 5.69 Å². The lowest BCUT2D eigenvalue weighted by Gasteiger charge is -2.13. The zero-order valence-electron chi connectivity index (χ0n) is 15.8. The molecule has 0 radical (unpaired) electrons. The minimum absolute atomic E-state index is 0.0763. The standard InChI is InChI=1S/C22H22N2O4/c1-14(25)24-19-10-6-3-7-15(19)11-12-23-22(27)18-13-20(28-2)16-8-4-5-9-17(16)21(18)26/h3-10,13,26H,11-12H2,1-2H3,(H,23,27)(H,24,25). The first-order valence-corrected chi connectivity index (χ1v) is 8.93. The number of carbonyl (C=O) groups is 2. The Hall–Kier alpha value is -3.54. The van der Waals surface area contributed by atoms with Crippen LogP contribution in [0, 0.1) is 0 Å². The Labute approximate surface area is 163 Å². The second-order valence-electron chi connectivity index (χ2n) is 6.36. The van der Waals surface area contributed by atoms with Crippen LogP contribution in [0.3, 0.4) is 0 Å². The number of anilines is 1. The van der Waals surface area contributed by atoms with Gasteiger partial charge in [0.15, 0.2) is 0 Å². The summed E-state index contributed by atoms with van der Waals surface area (Å²) >= 11 is 0. The number of fused-ring (bicyclic) bond motifs is 1. The molecule has 0 bridgehead atoms. The fraction of sp³-hybridized carbons (Fsp3) is 0.182. The van der Waals surface area contributed by atoms with E-state index in [0.29, 0.717) is 24.1 Å². The van der Waals surface area contributed by atoms with Crippen LogP contribution in [0.1, 0.15) is 22.8 Å². The Balaban J connectivity index is 1.76. The SMILES string of the molecule is COc1cc(C(=O)NCCc2ccccc2NC(C)=O)c(O)c2ccccc12. The van der Waals surface area contributed by atoms with Crippen molar-refractivity contribution in [1.82, 2.24) is 5.32 Å². The minimum atomic E-state index is -0.390. The highest BCUT2D eigenvalue weighted by atomic mass is 16.5. The highest BCUT2D eigenvalue weighted by Gasteiger charge is 2.17. The third-order valence-corrected chi connectivity index (χ3v) is 4.45. The highest BCUT2D eigenvalue weighted by Crippen LogP contribution is 2.35. The number of hydrogen-bond acceptors (Lipinski definition) is 4. The van der Waals surface area contributed by atoms with Crippen LogP contribution in [-0.4, -0.2) is 30.6 Å². The molecule has 0 aliphatic rings. The number of hydrogen-bond donors (Lipinski definition) is 3. The van der Waals surface area contributed by atoms with Crippen molar-refractivity contribution in [3.05, 3.63) is 65.7 Å². The van der Waals surface area contributed by atoms with Crippen molar-refractivity contribution in [2.45, 2.75) is 13.3 Å². The number of methoxy groups -OCH3 is 1. The molecule has 0 saturated heterocycles. The first kappa shape index (κ1) is 19.2. The van der Waals surface area contributed by atoms with Crippen LogP contribution in [-0.2, 0) is 11.2 Å². The summed E-state index contributed by atoms with van der Waals surface area (Å²) in [6.07, 6.45) is 0.535. The molecule has 3 N–H and O–H groups in total. The summed E-state index contributed by atoms with van der Waals surface area (Å²) in [6.45, 7) is 1.80. The van der Waals surface area contributed by atoms with Gasteiger partial charge in [-0.25, -0.2) is 0 Å². The molecule has 0 atom stereocenters. The molecular weight excluding hydrogens is 356 g/mol. The normalized spacial score (nSPS) is 10.5. The largest absolute Gasteiger partial charge is 0.506 e. The maximum Gasteiger partial charge on any atom is 0.255 e. The number of carbonyl (C=O) groups excluding carboxylic acids is 2. The summed E-state index contributed by atoms with van der Waals surface area (Å²) in [5, 5.41) is 17.4. The molecule has 0 spiro atoms. The summed E-state index contributed by atoms with van der Waals surface area (Å²) in [6, 6.07) is 16.2. The summed E-state index contributed by atoms with van der Waals surface area (Å²) in [7, 11) is 1.53. The molecule has 2 amide bonds. The Morgan fingerprint density at radius 3 is 2.43 bits per heavy atom. The summed E-state index contributed by atoms with van der Waals surface area (Å²) in [4.78, 5) is 24.0. The number of rotatable bonds is 6. The third-order valence-electron chi connectivity index (χ3n) is 4.45. The molecule has 0 saturated carbocycles. The molecule has 3 rings (SSSR count). The molecule has 0 unspecified atom stereocenters. The van der Waals surface area contributed by atoms with Gasteiger partial charge in [0.2, 0.25) is 5.91 Å². The Kier molecular flexibility index (Phi) is 5.79. The van der Waals surface area contributed by atoms with E-state index >= 15 is 0 Å². The Bertz CT molecular complexity index is 1030. The number of para-hydroxylation sites is 1. The van der Waals surface area contributed by atoms with Crippen LogP contribution in [0.2, 0.25) is 0 Å². The Morgan fingerprint density at radius 1 is 1.04 bits per heavy atom. The molecule has 0 heterocycles. The molecule has 0 aromatic heterocycles. The van der Waals surface area contributed by atoms with E-state index in [0.717, 1.165) is 16.6 Å². The number of phenols is 1. The zero-order valence-corrected chi connectivity index (χ0v) is 15.8. The van der Waals surface area contributed by atoms with E-state index in [4.69, 9.17) is 4.74 Å². The third kappa shape index (κ3) is 4.06. The van der Waals surface area contributed by atoms with E-state index in [9.17, 15) is 14.7 Å². The first-order chi connectivity index (χ1) is 13.5. The zero-order chi connectivity index (χ0) is 20.1. The van der Waals surface area contributed by atoms with Gasteiger partial charge in [-0.15, -0.1) is 0 Å².